The van der Waals surface area contributed by atoms with E-state index in [1.54, 1.807) is 25.3 Å². The molecular weight excluding hydrogens is 366 g/mol. The molecule has 0 aromatic carbocycles. The van der Waals surface area contributed by atoms with Crippen LogP contribution in [0.15, 0.2) is 42.0 Å². The van der Waals surface area contributed by atoms with E-state index in [1.165, 1.54) is 0 Å². The summed E-state index contributed by atoms with van der Waals surface area (Å²) in [6.45, 7) is 6.36. The van der Waals surface area contributed by atoms with Crippen molar-refractivity contribution >= 4 is 23.4 Å². The Bertz CT molecular complexity index is 842. The minimum atomic E-state index is -0.213. The SMILES string of the molecule is CCC(CC)N1c2nc(NC3=C(OC)C=CCC=C3)ncc2N(C)C(=O)[C@H]1CC. The molecule has 1 aliphatic heterocycles. The molecule has 1 N–H and O–H groups in total. The topological polar surface area (TPSA) is 70.6 Å². The molecule has 3 rings (SSSR count). The summed E-state index contributed by atoms with van der Waals surface area (Å²) in [4.78, 5) is 26.2. The fraction of sp³-hybridized carbons (Fsp3) is 0.500. The molecule has 2 aliphatic rings. The van der Waals surface area contributed by atoms with Gasteiger partial charge in [0.25, 0.3) is 0 Å². The maximum absolute atomic E-state index is 13.0. The van der Waals surface area contributed by atoms with Gasteiger partial charge in [0.2, 0.25) is 11.9 Å². The smallest absolute Gasteiger partial charge is 0.249 e. The summed E-state index contributed by atoms with van der Waals surface area (Å²) in [5, 5.41) is 3.29. The quantitative estimate of drug-likeness (QED) is 0.750. The van der Waals surface area contributed by atoms with Crippen LogP contribution in [-0.4, -0.2) is 42.1 Å². The molecule has 0 saturated carbocycles. The van der Waals surface area contributed by atoms with Crippen LogP contribution < -0.4 is 15.1 Å². The van der Waals surface area contributed by atoms with Gasteiger partial charge in [-0.25, -0.2) is 4.98 Å². The Morgan fingerprint density at radius 2 is 1.97 bits per heavy atom. The van der Waals surface area contributed by atoms with E-state index >= 15 is 0 Å². The average molecular weight is 398 g/mol. The molecule has 0 radical (unpaired) electrons. The second kappa shape index (κ2) is 9.11. The van der Waals surface area contributed by atoms with E-state index < -0.39 is 0 Å². The Labute approximate surface area is 173 Å². The summed E-state index contributed by atoms with van der Waals surface area (Å²) in [5.74, 6) is 2.12. The van der Waals surface area contributed by atoms with Crippen molar-refractivity contribution in [3.8, 4) is 0 Å². The van der Waals surface area contributed by atoms with E-state index in [-0.39, 0.29) is 18.0 Å². The van der Waals surface area contributed by atoms with Crippen LogP contribution in [0.5, 0.6) is 0 Å². The van der Waals surface area contributed by atoms with E-state index in [4.69, 9.17) is 9.72 Å². The van der Waals surface area contributed by atoms with Gasteiger partial charge in [0.1, 0.15) is 17.5 Å². The molecule has 7 heteroatoms. The maximum atomic E-state index is 13.0. The number of aromatic nitrogens is 2. The van der Waals surface area contributed by atoms with Crippen LogP contribution in [-0.2, 0) is 9.53 Å². The molecule has 1 atom stereocenters. The van der Waals surface area contributed by atoms with E-state index in [1.807, 2.05) is 18.2 Å². The van der Waals surface area contributed by atoms with Gasteiger partial charge >= 0.3 is 0 Å². The van der Waals surface area contributed by atoms with Crippen LogP contribution in [0.1, 0.15) is 46.5 Å². The number of hydrogen-bond acceptors (Lipinski definition) is 6. The predicted octanol–water partition coefficient (Wildman–Crippen LogP) is 4.01. The van der Waals surface area contributed by atoms with Gasteiger partial charge in [0.15, 0.2) is 5.82 Å². The Hall–Kier alpha value is -2.83. The third-order valence-corrected chi connectivity index (χ3v) is 5.59. The van der Waals surface area contributed by atoms with Crippen LogP contribution in [0.2, 0.25) is 0 Å². The average Bonchev–Trinajstić information content (AvgIpc) is 2.97. The number of ether oxygens (including phenoxy) is 1. The predicted molar refractivity (Wildman–Crippen MR) is 117 cm³/mol. The van der Waals surface area contributed by atoms with Gasteiger partial charge in [0, 0.05) is 13.1 Å². The molecule has 0 saturated heterocycles. The molecular formula is C22H31N5O2. The Morgan fingerprint density at radius 1 is 1.24 bits per heavy atom. The lowest BCUT2D eigenvalue weighted by molar-refractivity contribution is -0.120. The highest BCUT2D eigenvalue weighted by Gasteiger charge is 2.39. The number of fused-ring (bicyclic) bond motifs is 1. The maximum Gasteiger partial charge on any atom is 0.249 e. The van der Waals surface area contributed by atoms with E-state index in [2.05, 4.69) is 42.0 Å². The van der Waals surface area contributed by atoms with Crippen LogP contribution >= 0.6 is 0 Å². The number of rotatable bonds is 7. The Morgan fingerprint density at radius 3 is 2.62 bits per heavy atom. The van der Waals surface area contributed by atoms with Gasteiger partial charge in [-0.3, -0.25) is 4.79 Å². The van der Waals surface area contributed by atoms with Gasteiger partial charge in [-0.15, -0.1) is 0 Å². The van der Waals surface area contributed by atoms with Gasteiger partial charge in [-0.1, -0.05) is 32.9 Å². The first-order chi connectivity index (χ1) is 14.0. The number of methoxy groups -OCH3 is 1. The summed E-state index contributed by atoms with van der Waals surface area (Å²) in [6, 6.07) is 0.0307. The summed E-state index contributed by atoms with van der Waals surface area (Å²) in [5.41, 5.74) is 1.55. The number of nitrogens with zero attached hydrogens (tertiary/aromatic N) is 4. The monoisotopic (exact) mass is 397 g/mol. The van der Waals surface area contributed by atoms with Gasteiger partial charge < -0.3 is 19.9 Å². The third kappa shape index (κ3) is 3.99. The minimum absolute atomic E-state index is 0.0948. The third-order valence-electron chi connectivity index (χ3n) is 5.59. The number of likely N-dealkylation sites (N-methyl/N-ethyl adjacent to an activating group) is 1. The van der Waals surface area contributed by atoms with Crippen molar-refractivity contribution < 1.29 is 9.53 Å². The number of hydrogen-bond donors (Lipinski definition) is 1. The highest BCUT2D eigenvalue weighted by molar-refractivity contribution is 6.04. The lowest BCUT2D eigenvalue weighted by Gasteiger charge is -2.44. The molecule has 1 aromatic heterocycles. The number of carbonyl (C=O) groups excluding carboxylic acids is 1. The van der Waals surface area contributed by atoms with Crippen molar-refractivity contribution in [2.45, 2.75) is 58.5 Å². The highest BCUT2D eigenvalue weighted by Crippen LogP contribution is 2.37. The molecule has 1 amide bonds. The summed E-state index contributed by atoms with van der Waals surface area (Å²) < 4.78 is 5.49. The molecule has 0 bridgehead atoms. The van der Waals surface area contributed by atoms with Crippen LogP contribution in [0.25, 0.3) is 0 Å². The lowest BCUT2D eigenvalue weighted by Crippen LogP contribution is -2.56. The normalized spacial score (nSPS) is 19.0. The highest BCUT2D eigenvalue weighted by atomic mass is 16.5. The van der Waals surface area contributed by atoms with Crippen LogP contribution in [0.3, 0.4) is 0 Å². The minimum Gasteiger partial charge on any atom is -0.495 e. The number of carbonyl (C=O) groups is 1. The second-order valence-corrected chi connectivity index (χ2v) is 7.25. The first-order valence-corrected chi connectivity index (χ1v) is 10.4. The van der Waals surface area contributed by atoms with Crippen molar-refractivity contribution in [2.24, 2.45) is 0 Å². The Balaban J connectivity index is 2.05. The molecule has 29 heavy (non-hydrogen) atoms. The molecule has 0 unspecified atom stereocenters. The lowest BCUT2D eigenvalue weighted by atomic mass is 10.0. The second-order valence-electron chi connectivity index (χ2n) is 7.25. The largest absolute Gasteiger partial charge is 0.495 e. The number of anilines is 3. The number of amides is 1. The standard InChI is InChI=1S/C22H31N5O2/c1-6-15(7-2)27-17(8-3)21(28)26(4)18-14-23-22(25-20(18)27)24-16-12-10-9-11-13-19(16)29-5/h10-15,17H,6-9H2,1-5H3,(H,23,24,25)/t17-/m1/s1. The molecule has 2 heterocycles. The molecule has 0 fully saturated rings. The van der Waals surface area contributed by atoms with Crippen molar-refractivity contribution in [1.82, 2.24) is 9.97 Å². The molecule has 1 aliphatic carbocycles. The first-order valence-electron chi connectivity index (χ1n) is 10.4. The van der Waals surface area contributed by atoms with Gasteiger partial charge in [-0.05, 0) is 37.8 Å². The number of allylic oxidation sites excluding steroid dienone is 4. The van der Waals surface area contributed by atoms with Crippen molar-refractivity contribution in [3.05, 3.63) is 42.0 Å². The van der Waals surface area contributed by atoms with Gasteiger partial charge in [-0.2, -0.15) is 4.98 Å². The van der Waals surface area contributed by atoms with Crippen molar-refractivity contribution in [3.63, 3.8) is 0 Å². The van der Waals surface area contributed by atoms with E-state index in [9.17, 15) is 4.79 Å². The summed E-state index contributed by atoms with van der Waals surface area (Å²) >= 11 is 0. The number of nitrogens with one attached hydrogen (secondary N) is 1. The van der Waals surface area contributed by atoms with Crippen molar-refractivity contribution in [1.29, 1.82) is 0 Å². The van der Waals surface area contributed by atoms with Gasteiger partial charge in [0.05, 0.1) is 19.0 Å². The fourth-order valence-electron chi connectivity index (χ4n) is 3.96. The molecule has 7 nitrogen and oxygen atoms in total. The van der Waals surface area contributed by atoms with Crippen LogP contribution in [0, 0.1) is 0 Å². The van der Waals surface area contributed by atoms with Crippen LogP contribution in [0.4, 0.5) is 17.5 Å². The zero-order chi connectivity index (χ0) is 21.0. The van der Waals surface area contributed by atoms with E-state index in [0.717, 1.165) is 48.6 Å². The Kier molecular flexibility index (Phi) is 6.56. The fourth-order valence-corrected chi connectivity index (χ4v) is 3.96. The molecule has 0 spiro atoms. The van der Waals surface area contributed by atoms with E-state index in [0.29, 0.717) is 5.95 Å². The first kappa shape index (κ1) is 20.9. The molecule has 156 valence electrons. The summed E-state index contributed by atoms with van der Waals surface area (Å²) in [6.07, 6.45) is 13.2. The molecule has 1 aromatic rings. The van der Waals surface area contributed by atoms with Crippen molar-refractivity contribution in [2.75, 3.05) is 29.3 Å². The zero-order valence-corrected chi connectivity index (χ0v) is 18.0. The summed E-state index contributed by atoms with van der Waals surface area (Å²) in [7, 11) is 3.45. The zero-order valence-electron chi connectivity index (χ0n) is 18.0.